The monoisotopic (exact) mass is 415 g/mol. The van der Waals surface area contributed by atoms with Gasteiger partial charge in [0.05, 0.1) is 16.5 Å². The Hall–Kier alpha value is -3.27. The molecule has 0 radical (unpaired) electrons. The molecule has 2 aromatic heterocycles. The second-order valence-corrected chi connectivity index (χ2v) is 7.55. The van der Waals surface area contributed by atoms with E-state index in [-0.39, 0.29) is 29.3 Å². The fourth-order valence-corrected chi connectivity index (χ4v) is 3.82. The van der Waals surface area contributed by atoms with Gasteiger partial charge < -0.3 is 22.1 Å². The molecule has 0 spiro atoms. The van der Waals surface area contributed by atoms with Gasteiger partial charge in [0.15, 0.2) is 11.6 Å². The number of benzene rings is 1. The Balaban J connectivity index is 1.68. The number of hydrogen-bond acceptors (Lipinski definition) is 6. The highest BCUT2D eigenvalue weighted by molar-refractivity contribution is 5.99. The molecule has 2 atom stereocenters. The van der Waals surface area contributed by atoms with Crippen LogP contribution in [0.1, 0.15) is 36.0 Å². The molecule has 158 valence electrons. The highest BCUT2D eigenvalue weighted by Gasteiger charge is 2.24. The molecule has 1 aliphatic carbocycles. The number of anilines is 3. The van der Waals surface area contributed by atoms with E-state index in [4.69, 9.17) is 11.5 Å². The van der Waals surface area contributed by atoms with Crippen LogP contribution >= 0.6 is 0 Å². The van der Waals surface area contributed by atoms with E-state index in [0.717, 1.165) is 31.7 Å². The summed E-state index contributed by atoms with van der Waals surface area (Å²) in [6, 6.07) is 5.68. The van der Waals surface area contributed by atoms with Gasteiger partial charge >= 0.3 is 0 Å². The van der Waals surface area contributed by atoms with Crippen LogP contribution in [0.2, 0.25) is 0 Å². The SMILES string of the molecule is Cn1nc(F)c2ccc(Nc3nc(N[C@@H]4CCCCC4N)c(F)cc3C(N)=O)cc21. The molecular formula is C20H23F2N7O. The van der Waals surface area contributed by atoms with Crippen molar-refractivity contribution in [3.8, 4) is 0 Å². The number of aromatic nitrogens is 3. The summed E-state index contributed by atoms with van der Waals surface area (Å²) in [5.41, 5.74) is 12.5. The second-order valence-electron chi connectivity index (χ2n) is 7.55. The summed E-state index contributed by atoms with van der Waals surface area (Å²) in [6.07, 6.45) is 3.70. The summed E-state index contributed by atoms with van der Waals surface area (Å²) in [7, 11) is 1.62. The van der Waals surface area contributed by atoms with Gasteiger partial charge in [-0.15, -0.1) is 5.10 Å². The first-order valence-electron chi connectivity index (χ1n) is 9.75. The van der Waals surface area contributed by atoms with Gasteiger partial charge in [0.25, 0.3) is 5.91 Å². The minimum absolute atomic E-state index is 0.00231. The Morgan fingerprint density at radius 2 is 1.97 bits per heavy atom. The van der Waals surface area contributed by atoms with Gasteiger partial charge in [-0.1, -0.05) is 12.8 Å². The first kappa shape index (κ1) is 20.0. The number of nitrogens with two attached hydrogens (primary N) is 2. The van der Waals surface area contributed by atoms with Crippen molar-refractivity contribution in [2.24, 2.45) is 18.5 Å². The molecule has 8 nitrogen and oxygen atoms in total. The maximum Gasteiger partial charge on any atom is 0.252 e. The van der Waals surface area contributed by atoms with Crippen molar-refractivity contribution in [1.82, 2.24) is 14.8 Å². The third-order valence-corrected chi connectivity index (χ3v) is 5.45. The molecule has 1 aromatic carbocycles. The predicted octanol–water partition coefficient (Wildman–Crippen LogP) is 2.77. The van der Waals surface area contributed by atoms with E-state index in [1.165, 1.54) is 4.68 Å². The molecule has 10 heteroatoms. The Bertz CT molecular complexity index is 1110. The number of primary amides is 1. The van der Waals surface area contributed by atoms with Crippen molar-refractivity contribution in [2.45, 2.75) is 37.8 Å². The molecule has 6 N–H and O–H groups in total. The van der Waals surface area contributed by atoms with E-state index in [1.807, 2.05) is 0 Å². The third-order valence-electron chi connectivity index (χ3n) is 5.45. The first-order valence-corrected chi connectivity index (χ1v) is 9.75. The fraction of sp³-hybridized carbons (Fsp3) is 0.350. The maximum absolute atomic E-state index is 14.6. The molecule has 1 aliphatic rings. The fourth-order valence-electron chi connectivity index (χ4n) is 3.82. The summed E-state index contributed by atoms with van der Waals surface area (Å²) in [5.74, 6) is -1.99. The average molecular weight is 415 g/mol. The van der Waals surface area contributed by atoms with Crippen molar-refractivity contribution in [1.29, 1.82) is 0 Å². The molecule has 2 heterocycles. The van der Waals surface area contributed by atoms with Crippen molar-refractivity contribution < 1.29 is 13.6 Å². The van der Waals surface area contributed by atoms with Gasteiger partial charge in [-0.2, -0.15) is 4.39 Å². The van der Waals surface area contributed by atoms with Gasteiger partial charge in [0, 0.05) is 24.8 Å². The summed E-state index contributed by atoms with van der Waals surface area (Å²) in [4.78, 5) is 16.1. The summed E-state index contributed by atoms with van der Waals surface area (Å²) in [6.45, 7) is 0. The first-order chi connectivity index (χ1) is 14.3. The molecule has 3 aromatic rings. The molecule has 4 rings (SSSR count). The topological polar surface area (TPSA) is 124 Å². The number of hydrogen-bond donors (Lipinski definition) is 4. The molecule has 30 heavy (non-hydrogen) atoms. The van der Waals surface area contributed by atoms with Gasteiger partial charge in [-0.05, 0) is 37.1 Å². The summed E-state index contributed by atoms with van der Waals surface area (Å²) < 4.78 is 29.8. The van der Waals surface area contributed by atoms with E-state index < -0.39 is 17.7 Å². The van der Waals surface area contributed by atoms with Crippen LogP contribution in [0.25, 0.3) is 10.9 Å². The normalized spacial score (nSPS) is 19.1. The molecule has 0 bridgehead atoms. The van der Waals surface area contributed by atoms with Crippen LogP contribution in [0.5, 0.6) is 0 Å². The van der Waals surface area contributed by atoms with Crippen LogP contribution in [0.3, 0.4) is 0 Å². The molecule has 1 fully saturated rings. The smallest absolute Gasteiger partial charge is 0.252 e. The van der Waals surface area contributed by atoms with Gasteiger partial charge in [-0.25, -0.2) is 9.37 Å². The molecular weight excluding hydrogens is 392 g/mol. The Labute approximate surface area is 171 Å². The lowest BCUT2D eigenvalue weighted by Gasteiger charge is -2.30. The Kier molecular flexibility index (Phi) is 5.25. The standard InChI is InChI=1S/C20H23F2N7O/c1-29-16-8-10(6-7-11(16)17(22)28-29)25-19-12(18(24)30)9-13(21)20(27-19)26-15-5-3-2-4-14(15)23/h6-9,14-15H,2-5,23H2,1H3,(H2,24,30)(H2,25,26,27)/t14?,15-/m1/s1. The van der Waals surface area contributed by atoms with Crippen LogP contribution in [-0.4, -0.2) is 32.8 Å². The number of nitrogens with one attached hydrogen (secondary N) is 2. The third kappa shape index (κ3) is 3.78. The molecule has 1 saturated carbocycles. The Morgan fingerprint density at radius 3 is 2.70 bits per heavy atom. The minimum Gasteiger partial charge on any atom is -0.365 e. The van der Waals surface area contributed by atoms with E-state index in [9.17, 15) is 13.6 Å². The van der Waals surface area contributed by atoms with Crippen molar-refractivity contribution >= 4 is 34.1 Å². The lowest BCUT2D eigenvalue weighted by atomic mass is 9.91. The van der Waals surface area contributed by atoms with E-state index in [0.29, 0.717) is 16.6 Å². The van der Waals surface area contributed by atoms with Crippen molar-refractivity contribution in [3.05, 3.63) is 41.6 Å². The lowest BCUT2D eigenvalue weighted by Crippen LogP contribution is -2.43. The zero-order valence-electron chi connectivity index (χ0n) is 16.5. The zero-order valence-corrected chi connectivity index (χ0v) is 16.5. The highest BCUT2D eigenvalue weighted by atomic mass is 19.1. The zero-order chi connectivity index (χ0) is 21.4. The van der Waals surface area contributed by atoms with Gasteiger partial charge in [0.2, 0.25) is 5.95 Å². The number of fused-ring (bicyclic) bond motifs is 1. The second kappa shape index (κ2) is 7.86. The quantitative estimate of drug-likeness (QED) is 0.508. The Morgan fingerprint density at radius 1 is 1.20 bits per heavy atom. The van der Waals surface area contributed by atoms with Crippen LogP contribution in [0.4, 0.5) is 26.1 Å². The van der Waals surface area contributed by atoms with Crippen LogP contribution in [0, 0.1) is 11.8 Å². The van der Waals surface area contributed by atoms with Gasteiger partial charge in [0.1, 0.15) is 5.82 Å². The van der Waals surface area contributed by atoms with Crippen molar-refractivity contribution in [2.75, 3.05) is 10.6 Å². The van der Waals surface area contributed by atoms with Gasteiger partial charge in [-0.3, -0.25) is 9.48 Å². The largest absolute Gasteiger partial charge is 0.365 e. The maximum atomic E-state index is 14.6. The van der Waals surface area contributed by atoms with E-state index >= 15 is 0 Å². The van der Waals surface area contributed by atoms with E-state index in [2.05, 4.69) is 20.7 Å². The highest BCUT2D eigenvalue weighted by Crippen LogP contribution is 2.28. The van der Waals surface area contributed by atoms with Crippen LogP contribution in [-0.2, 0) is 7.05 Å². The number of nitrogens with zero attached hydrogens (tertiary/aromatic N) is 3. The van der Waals surface area contributed by atoms with Crippen LogP contribution < -0.4 is 22.1 Å². The molecule has 0 saturated heterocycles. The van der Waals surface area contributed by atoms with E-state index in [1.54, 1.807) is 25.2 Å². The number of carbonyl (C=O) groups excluding carboxylic acids is 1. The summed E-state index contributed by atoms with van der Waals surface area (Å²) in [5, 5.41) is 10.2. The number of carbonyl (C=O) groups is 1. The van der Waals surface area contributed by atoms with Crippen molar-refractivity contribution in [3.63, 3.8) is 0 Å². The number of amides is 1. The lowest BCUT2D eigenvalue weighted by molar-refractivity contribution is 0.100. The molecule has 1 amide bonds. The number of halogens is 2. The van der Waals surface area contributed by atoms with Crippen LogP contribution in [0.15, 0.2) is 24.3 Å². The number of rotatable bonds is 5. The number of aryl methyl sites for hydroxylation is 1. The average Bonchev–Trinajstić information content (AvgIpc) is 2.99. The number of pyridine rings is 1. The molecule has 0 aliphatic heterocycles. The predicted molar refractivity (Wildman–Crippen MR) is 111 cm³/mol. The summed E-state index contributed by atoms with van der Waals surface area (Å²) >= 11 is 0. The minimum atomic E-state index is -0.822. The molecule has 1 unspecified atom stereocenters.